The molecular weight excluding hydrogens is 298 g/mol. The quantitative estimate of drug-likeness (QED) is 0.666. The molecule has 1 aromatic carbocycles. The zero-order valence-corrected chi connectivity index (χ0v) is 11.7. The van der Waals surface area contributed by atoms with E-state index < -0.39 is 14.9 Å². The third-order valence-electron chi connectivity index (χ3n) is 2.57. The van der Waals surface area contributed by atoms with Crippen molar-refractivity contribution in [2.45, 2.75) is 4.90 Å². The van der Waals surface area contributed by atoms with Gasteiger partial charge >= 0.3 is 0 Å². The van der Waals surface area contributed by atoms with E-state index in [1.807, 2.05) is 0 Å². The number of nitrogens with zero attached hydrogens (tertiary/aromatic N) is 2. The highest BCUT2D eigenvalue weighted by molar-refractivity contribution is 7.92. The summed E-state index contributed by atoms with van der Waals surface area (Å²) in [6.45, 7) is 0. The molecule has 0 unspecified atom stereocenters. The fraction of sp³-hybridized carbons (Fsp3) is 0.0833. The summed E-state index contributed by atoms with van der Waals surface area (Å²) < 4.78 is 31.6. The molecule has 0 spiro atoms. The van der Waals surface area contributed by atoms with Gasteiger partial charge in [-0.3, -0.25) is 14.8 Å². The lowest BCUT2D eigenvalue weighted by Gasteiger charge is -2.10. The standard InChI is InChI=1S/C12H11N3O5S/c1-20-12-11(3-2-8-13-12)14-21(18,19)10-6-4-9(5-7-10)15(16)17/h2-8,14H,1H3. The van der Waals surface area contributed by atoms with Gasteiger partial charge < -0.3 is 4.74 Å². The summed E-state index contributed by atoms with van der Waals surface area (Å²) in [6.07, 6.45) is 1.46. The summed E-state index contributed by atoms with van der Waals surface area (Å²) in [6, 6.07) is 7.60. The highest BCUT2D eigenvalue weighted by Gasteiger charge is 2.18. The van der Waals surface area contributed by atoms with E-state index in [-0.39, 0.29) is 22.2 Å². The summed E-state index contributed by atoms with van der Waals surface area (Å²) in [5.74, 6) is 0.128. The van der Waals surface area contributed by atoms with Crippen LogP contribution in [-0.2, 0) is 10.0 Å². The Morgan fingerprint density at radius 2 is 1.90 bits per heavy atom. The molecule has 21 heavy (non-hydrogen) atoms. The van der Waals surface area contributed by atoms with Crippen molar-refractivity contribution in [1.29, 1.82) is 0 Å². The second-order valence-electron chi connectivity index (χ2n) is 3.92. The number of sulfonamides is 1. The number of nitro benzene ring substituents is 1. The molecule has 0 saturated heterocycles. The van der Waals surface area contributed by atoms with Gasteiger partial charge in [-0.25, -0.2) is 13.4 Å². The number of benzene rings is 1. The number of hydrogen-bond donors (Lipinski definition) is 1. The van der Waals surface area contributed by atoms with Gasteiger partial charge in [0.1, 0.15) is 5.69 Å². The Morgan fingerprint density at radius 1 is 1.24 bits per heavy atom. The minimum Gasteiger partial charge on any atom is -0.480 e. The fourth-order valence-corrected chi connectivity index (χ4v) is 2.64. The van der Waals surface area contributed by atoms with E-state index in [1.165, 1.54) is 19.4 Å². The van der Waals surface area contributed by atoms with Crippen molar-refractivity contribution >= 4 is 21.4 Å². The Balaban J connectivity index is 2.32. The lowest BCUT2D eigenvalue weighted by molar-refractivity contribution is -0.384. The van der Waals surface area contributed by atoms with Crippen molar-refractivity contribution in [1.82, 2.24) is 4.98 Å². The van der Waals surface area contributed by atoms with Crippen LogP contribution in [0.25, 0.3) is 0 Å². The van der Waals surface area contributed by atoms with Gasteiger partial charge in [-0.15, -0.1) is 0 Å². The number of methoxy groups -OCH3 is 1. The molecule has 0 aliphatic heterocycles. The first-order valence-electron chi connectivity index (χ1n) is 5.70. The molecule has 2 aromatic rings. The van der Waals surface area contributed by atoms with Crippen LogP contribution in [0.15, 0.2) is 47.5 Å². The van der Waals surface area contributed by atoms with Crippen LogP contribution in [0.3, 0.4) is 0 Å². The molecule has 0 amide bonds. The fourth-order valence-electron chi connectivity index (χ4n) is 1.58. The number of ether oxygens (including phenoxy) is 1. The maximum absolute atomic E-state index is 12.2. The van der Waals surface area contributed by atoms with Crippen LogP contribution in [0.2, 0.25) is 0 Å². The number of pyridine rings is 1. The molecule has 9 heteroatoms. The second kappa shape index (κ2) is 5.75. The number of nitro groups is 1. The van der Waals surface area contributed by atoms with Gasteiger partial charge in [0.05, 0.1) is 16.9 Å². The topological polar surface area (TPSA) is 111 Å². The molecule has 1 N–H and O–H groups in total. The van der Waals surface area contributed by atoms with Crippen LogP contribution in [0.1, 0.15) is 0 Å². The lowest BCUT2D eigenvalue weighted by Crippen LogP contribution is -2.14. The zero-order valence-electron chi connectivity index (χ0n) is 10.9. The van der Waals surface area contributed by atoms with Crippen LogP contribution in [0, 0.1) is 10.1 Å². The number of anilines is 1. The van der Waals surface area contributed by atoms with Crippen LogP contribution >= 0.6 is 0 Å². The Hall–Kier alpha value is -2.68. The largest absolute Gasteiger partial charge is 0.480 e. The van der Waals surface area contributed by atoms with Gasteiger partial charge in [0, 0.05) is 18.3 Å². The maximum Gasteiger partial charge on any atom is 0.269 e. The van der Waals surface area contributed by atoms with E-state index >= 15 is 0 Å². The third-order valence-corrected chi connectivity index (χ3v) is 3.95. The van der Waals surface area contributed by atoms with E-state index in [4.69, 9.17) is 4.74 Å². The number of aromatic nitrogens is 1. The molecule has 0 aliphatic rings. The summed E-state index contributed by atoms with van der Waals surface area (Å²) >= 11 is 0. The molecule has 0 fully saturated rings. The molecule has 0 saturated carbocycles. The Morgan fingerprint density at radius 3 is 2.48 bits per heavy atom. The van der Waals surface area contributed by atoms with Crippen molar-refractivity contribution in [3.05, 3.63) is 52.7 Å². The van der Waals surface area contributed by atoms with Gasteiger partial charge in [-0.05, 0) is 24.3 Å². The number of nitrogens with one attached hydrogen (secondary N) is 1. The molecule has 0 aliphatic carbocycles. The molecule has 1 heterocycles. The molecule has 0 bridgehead atoms. The molecule has 2 rings (SSSR count). The molecule has 0 atom stereocenters. The Kier molecular flexibility index (Phi) is 4.03. The first-order chi connectivity index (χ1) is 9.94. The summed E-state index contributed by atoms with van der Waals surface area (Å²) in [7, 11) is -2.51. The van der Waals surface area contributed by atoms with Gasteiger partial charge in [0.15, 0.2) is 0 Å². The minimum absolute atomic E-state index is 0.0981. The van der Waals surface area contributed by atoms with Crippen LogP contribution in [0.5, 0.6) is 5.88 Å². The Bertz CT molecular complexity index is 759. The average Bonchev–Trinajstić information content (AvgIpc) is 2.47. The third kappa shape index (κ3) is 3.26. The first-order valence-corrected chi connectivity index (χ1v) is 7.18. The van der Waals surface area contributed by atoms with E-state index in [2.05, 4.69) is 9.71 Å². The van der Waals surface area contributed by atoms with Crippen LogP contribution in [0.4, 0.5) is 11.4 Å². The highest BCUT2D eigenvalue weighted by Crippen LogP contribution is 2.24. The van der Waals surface area contributed by atoms with Crippen LogP contribution in [-0.4, -0.2) is 25.4 Å². The van der Waals surface area contributed by atoms with Crippen molar-refractivity contribution < 1.29 is 18.1 Å². The number of hydrogen-bond acceptors (Lipinski definition) is 6. The normalized spacial score (nSPS) is 10.9. The zero-order chi connectivity index (χ0) is 15.5. The lowest BCUT2D eigenvalue weighted by atomic mass is 10.3. The molecule has 0 radical (unpaired) electrons. The monoisotopic (exact) mass is 309 g/mol. The summed E-state index contributed by atoms with van der Waals surface area (Å²) in [5.41, 5.74) is -0.00809. The minimum atomic E-state index is -3.88. The van der Waals surface area contributed by atoms with Crippen LogP contribution < -0.4 is 9.46 Å². The van der Waals surface area contributed by atoms with Crippen molar-refractivity contribution in [3.8, 4) is 5.88 Å². The SMILES string of the molecule is COc1ncccc1NS(=O)(=O)c1ccc([N+](=O)[O-])cc1. The first kappa shape index (κ1) is 14.7. The van der Waals surface area contributed by atoms with E-state index in [0.717, 1.165) is 24.3 Å². The predicted molar refractivity (Wildman–Crippen MR) is 74.7 cm³/mol. The Labute approximate surface area is 120 Å². The summed E-state index contributed by atoms with van der Waals surface area (Å²) in [4.78, 5) is 13.7. The molecular formula is C12H11N3O5S. The maximum atomic E-state index is 12.2. The average molecular weight is 309 g/mol. The molecule has 8 nitrogen and oxygen atoms in total. The number of non-ortho nitro benzene ring substituents is 1. The van der Waals surface area contributed by atoms with E-state index in [1.54, 1.807) is 6.07 Å². The smallest absolute Gasteiger partial charge is 0.269 e. The second-order valence-corrected chi connectivity index (χ2v) is 5.60. The summed E-state index contributed by atoms with van der Waals surface area (Å²) in [5, 5.41) is 10.6. The van der Waals surface area contributed by atoms with E-state index in [9.17, 15) is 18.5 Å². The number of rotatable bonds is 5. The molecule has 110 valence electrons. The molecule has 1 aromatic heterocycles. The van der Waals surface area contributed by atoms with Crippen molar-refractivity contribution in [2.24, 2.45) is 0 Å². The van der Waals surface area contributed by atoms with Gasteiger partial charge in [-0.1, -0.05) is 0 Å². The highest BCUT2D eigenvalue weighted by atomic mass is 32.2. The van der Waals surface area contributed by atoms with Crippen molar-refractivity contribution in [2.75, 3.05) is 11.8 Å². The van der Waals surface area contributed by atoms with Gasteiger partial charge in [0.25, 0.3) is 15.7 Å². The van der Waals surface area contributed by atoms with E-state index in [0.29, 0.717) is 0 Å². The van der Waals surface area contributed by atoms with Gasteiger partial charge in [-0.2, -0.15) is 0 Å². The van der Waals surface area contributed by atoms with Gasteiger partial charge in [0.2, 0.25) is 5.88 Å². The van der Waals surface area contributed by atoms with Crippen molar-refractivity contribution in [3.63, 3.8) is 0 Å². The predicted octanol–water partition coefficient (Wildman–Crippen LogP) is 1.80.